The van der Waals surface area contributed by atoms with Gasteiger partial charge in [0.05, 0.1) is 25.3 Å². The predicted octanol–water partition coefficient (Wildman–Crippen LogP) is 10.4. The van der Waals surface area contributed by atoms with Crippen LogP contribution >= 0.6 is 0 Å². The summed E-state index contributed by atoms with van der Waals surface area (Å²) in [7, 11) is 1.39. The summed E-state index contributed by atoms with van der Waals surface area (Å²) in [5.74, 6) is -3.05. The van der Waals surface area contributed by atoms with Gasteiger partial charge in [0.1, 0.15) is 40.1 Å². The zero-order valence-corrected chi connectivity index (χ0v) is 42.9. The van der Waals surface area contributed by atoms with E-state index in [1.807, 2.05) is 149 Å². The summed E-state index contributed by atoms with van der Waals surface area (Å²) in [5.41, 5.74) is 6.21. The summed E-state index contributed by atoms with van der Waals surface area (Å²) in [5, 5.41) is 19.7. The third kappa shape index (κ3) is 11.6. The number of phenols is 1. The van der Waals surface area contributed by atoms with Gasteiger partial charge in [-0.2, -0.15) is 0 Å². The zero-order valence-electron chi connectivity index (χ0n) is 42.9. The fourth-order valence-electron chi connectivity index (χ4n) is 9.44. The number of hydrogen-bond donors (Lipinski definition) is 5. The molecule has 5 N–H and O–H groups in total. The molecule has 3 heterocycles. The maximum Gasteiger partial charge on any atom is 0.334 e. The lowest BCUT2D eigenvalue weighted by atomic mass is 9.98. The van der Waals surface area contributed by atoms with Crippen molar-refractivity contribution in [3.05, 3.63) is 201 Å². The second-order valence-corrected chi connectivity index (χ2v) is 19.3. The molecule has 0 fully saturated rings. The van der Waals surface area contributed by atoms with E-state index >= 15 is 4.79 Å². The molecule has 9 aromatic rings. The number of allylic oxidation sites excluding steroid dienone is 4. The molecule has 2 atom stereocenters. The van der Waals surface area contributed by atoms with Gasteiger partial charge in [-0.15, -0.1) is 0 Å². The number of nitrogens with one attached hydrogen (secondary N) is 4. The number of ether oxygens (including phenoxy) is 3. The third-order valence-corrected chi connectivity index (χ3v) is 13.2. The molecule has 14 heteroatoms. The third-order valence-electron chi connectivity index (χ3n) is 13.2. The summed E-state index contributed by atoms with van der Waals surface area (Å²) < 4.78 is 25.0. The van der Waals surface area contributed by atoms with Gasteiger partial charge in [0, 0.05) is 70.3 Å². The van der Waals surface area contributed by atoms with Gasteiger partial charge in [-0.1, -0.05) is 120 Å². The first kappa shape index (κ1) is 51.7. The second-order valence-electron chi connectivity index (χ2n) is 19.3. The number of esters is 2. The fraction of sp³-hybridized carbons (Fsp3) is 0.210. The Morgan fingerprint density at radius 1 is 0.605 bits per heavy atom. The lowest BCUT2D eigenvalue weighted by molar-refractivity contribution is -0.139. The molecule has 14 nitrogen and oxygen atoms in total. The van der Waals surface area contributed by atoms with Gasteiger partial charge in [0.2, 0.25) is 17.2 Å². The lowest BCUT2D eigenvalue weighted by Gasteiger charge is -2.21. The van der Waals surface area contributed by atoms with E-state index in [0.29, 0.717) is 5.56 Å². The van der Waals surface area contributed by atoms with E-state index in [1.54, 1.807) is 12.4 Å². The maximum absolute atomic E-state index is 15.1. The van der Waals surface area contributed by atoms with E-state index in [9.17, 15) is 24.3 Å². The van der Waals surface area contributed by atoms with E-state index in [1.165, 1.54) is 19.2 Å². The number of methoxy groups -OCH3 is 1. The number of para-hydroxylation sites is 2. The van der Waals surface area contributed by atoms with Crippen molar-refractivity contribution >= 4 is 67.5 Å². The number of carbonyl (C=O) groups is 4. The molecule has 0 radical (unpaired) electrons. The molecule has 0 aliphatic rings. The highest BCUT2D eigenvalue weighted by molar-refractivity contribution is 5.99. The van der Waals surface area contributed by atoms with Crippen LogP contribution in [0.15, 0.2) is 166 Å². The van der Waals surface area contributed by atoms with Gasteiger partial charge in [-0.3, -0.25) is 14.4 Å². The maximum atomic E-state index is 15.1. The Balaban J connectivity index is 1.13. The van der Waals surface area contributed by atoms with Crippen molar-refractivity contribution in [1.82, 2.24) is 20.6 Å². The van der Waals surface area contributed by atoms with Crippen molar-refractivity contribution in [2.45, 2.75) is 78.3 Å². The van der Waals surface area contributed by atoms with Gasteiger partial charge < -0.3 is 44.3 Å². The number of aromatic nitrogens is 2. The molecule has 386 valence electrons. The highest BCUT2D eigenvalue weighted by Crippen LogP contribution is 2.42. The van der Waals surface area contributed by atoms with Crippen LogP contribution in [0, 0.1) is 0 Å². The van der Waals surface area contributed by atoms with E-state index in [4.69, 9.17) is 18.6 Å². The number of hydrogen-bond acceptors (Lipinski definition) is 10. The quantitative estimate of drug-likeness (QED) is 0.0225. The first-order valence-corrected chi connectivity index (χ1v) is 25.1. The van der Waals surface area contributed by atoms with Crippen molar-refractivity contribution in [2.75, 3.05) is 7.11 Å². The molecule has 3 aromatic heterocycles. The molecule has 9 rings (SSSR count). The first-order chi connectivity index (χ1) is 36.7. The number of fused-ring (bicyclic) bond motifs is 4. The first-order valence-electron chi connectivity index (χ1n) is 25.1. The Morgan fingerprint density at radius 3 is 1.55 bits per heavy atom. The van der Waals surface area contributed by atoms with Crippen molar-refractivity contribution < 1.29 is 42.9 Å². The minimum absolute atomic E-state index is 0.00462. The van der Waals surface area contributed by atoms with Crippen LogP contribution in [0.4, 0.5) is 0 Å². The highest BCUT2D eigenvalue weighted by Gasteiger charge is 2.31. The molecule has 2 amide bonds. The number of carbonyl (C=O) groups excluding carboxylic acids is 4. The minimum atomic E-state index is -1.20. The second kappa shape index (κ2) is 22.9. The van der Waals surface area contributed by atoms with Crippen LogP contribution in [0.3, 0.4) is 0 Å². The fourth-order valence-corrected chi connectivity index (χ4v) is 9.44. The van der Waals surface area contributed by atoms with Crippen molar-refractivity contribution in [1.29, 1.82) is 0 Å². The van der Waals surface area contributed by atoms with E-state index in [0.717, 1.165) is 55.2 Å². The molecule has 0 unspecified atom stereocenters. The number of aromatic hydroxyl groups is 1. The van der Waals surface area contributed by atoms with Crippen molar-refractivity contribution in [3.63, 3.8) is 0 Å². The molecular weight excluding hydrogens is 961 g/mol. The van der Waals surface area contributed by atoms with Gasteiger partial charge >= 0.3 is 11.9 Å². The van der Waals surface area contributed by atoms with E-state index in [-0.39, 0.29) is 83.3 Å². The van der Waals surface area contributed by atoms with Crippen LogP contribution < -0.4 is 30.3 Å². The Morgan fingerprint density at radius 2 is 1.05 bits per heavy atom. The summed E-state index contributed by atoms with van der Waals surface area (Å²) in [6, 6.07) is 33.9. The molecule has 0 aliphatic carbocycles. The largest absolute Gasteiger partial charge is 0.507 e. The summed E-state index contributed by atoms with van der Waals surface area (Å²) >= 11 is 0. The molecule has 0 bridgehead atoms. The van der Waals surface area contributed by atoms with Crippen LogP contribution in [-0.2, 0) is 57.7 Å². The van der Waals surface area contributed by atoms with Crippen molar-refractivity contribution in [2.24, 2.45) is 0 Å². The summed E-state index contributed by atoms with van der Waals surface area (Å²) in [6.45, 7) is 7.54. The Hall–Kier alpha value is -9.17. The number of benzene rings is 6. The van der Waals surface area contributed by atoms with Crippen LogP contribution in [0.2, 0.25) is 0 Å². The molecule has 76 heavy (non-hydrogen) atoms. The van der Waals surface area contributed by atoms with Gasteiger partial charge in [0.15, 0.2) is 11.5 Å². The standard InChI is InChI=1S/C62H58N4O10/c1-36(2)24-26-44-50(75-61(71)48(65-54(67)28-38-16-8-6-9-17-38)30-40-34-63-46-22-14-12-20-42(40)46)32-52-57(58(44)69)59(70)56-45(27-25-37(3)4)60(73-5)53(33-51(56)74-52)76-62(72)49(66-55(68)29-39-18-10-7-11-19-39)31-41-35-64-47-23-15-13-21-43(41)47/h6-25,32-35,48-49,63-64,69H,26-31H2,1-5H3,(H,65,67)(H,66,68)/t48-,49-/m0/s1. The van der Waals surface area contributed by atoms with Crippen LogP contribution in [0.25, 0.3) is 43.7 Å². The Bertz CT molecular complexity index is 3770. The van der Waals surface area contributed by atoms with Gasteiger partial charge in [-0.05, 0) is 74.9 Å². The number of amides is 2. The number of aromatic amines is 2. The van der Waals surface area contributed by atoms with Crippen molar-refractivity contribution in [3.8, 4) is 23.0 Å². The molecular formula is C62H58N4O10. The van der Waals surface area contributed by atoms with Crippen LogP contribution in [-0.4, -0.2) is 58.0 Å². The predicted molar refractivity (Wildman–Crippen MR) is 294 cm³/mol. The van der Waals surface area contributed by atoms with Gasteiger partial charge in [0.25, 0.3) is 0 Å². The average Bonchev–Trinajstić information content (AvgIpc) is 4.03. The highest BCUT2D eigenvalue weighted by atomic mass is 16.6. The topological polar surface area (TPSA) is 202 Å². The van der Waals surface area contributed by atoms with Crippen LogP contribution in [0.5, 0.6) is 23.0 Å². The number of rotatable bonds is 19. The normalized spacial score (nSPS) is 12.0. The molecule has 0 saturated carbocycles. The monoisotopic (exact) mass is 1020 g/mol. The Labute approximate surface area is 438 Å². The summed E-state index contributed by atoms with van der Waals surface area (Å²) in [4.78, 5) is 78.1. The molecule has 6 aromatic carbocycles. The van der Waals surface area contributed by atoms with Crippen LogP contribution in [0.1, 0.15) is 61.1 Å². The average molecular weight is 1020 g/mol. The molecule has 0 saturated heterocycles. The van der Waals surface area contributed by atoms with E-state index in [2.05, 4.69) is 20.6 Å². The number of H-pyrrole nitrogens is 2. The lowest BCUT2D eigenvalue weighted by Crippen LogP contribution is -2.45. The Kier molecular flexibility index (Phi) is 15.6. The molecule has 0 aliphatic heterocycles. The smallest absolute Gasteiger partial charge is 0.334 e. The van der Waals surface area contributed by atoms with E-state index < -0.39 is 47.0 Å². The molecule has 0 spiro atoms. The van der Waals surface area contributed by atoms with Gasteiger partial charge in [-0.25, -0.2) is 9.59 Å². The zero-order chi connectivity index (χ0) is 53.5. The minimum Gasteiger partial charge on any atom is -0.507 e. The SMILES string of the molecule is COc1c(OC(=O)[C@H](Cc2c[nH]c3ccccc23)NC(=O)Cc2ccccc2)cc2oc3cc(OC(=O)[C@H](Cc4c[nH]c5ccccc45)NC(=O)Cc4ccccc4)c(CC=C(C)C)c(O)c3c(=O)c2c1CC=C(C)C. The number of phenolic OH excluding ortho intramolecular Hbond substituents is 1. The summed E-state index contributed by atoms with van der Waals surface area (Å²) in [6.07, 6.45) is 7.61.